The number of ketones is 1. The summed E-state index contributed by atoms with van der Waals surface area (Å²) in [5, 5.41) is 15.9. The molecule has 0 heterocycles. The molecule has 0 aliphatic heterocycles. The molecule has 1 aromatic carbocycles. The van der Waals surface area contributed by atoms with E-state index in [1.807, 2.05) is 0 Å². The summed E-state index contributed by atoms with van der Waals surface area (Å²) in [4.78, 5) is 23.0. The van der Waals surface area contributed by atoms with Gasteiger partial charge in [-0.05, 0) is 24.6 Å². The summed E-state index contributed by atoms with van der Waals surface area (Å²) in [7, 11) is 0. The van der Waals surface area contributed by atoms with E-state index in [0.717, 1.165) is 0 Å². The Balaban J connectivity index is 2.50. The number of halogens is 1. The zero-order valence-electron chi connectivity index (χ0n) is 10.9. The first kappa shape index (κ1) is 15.5. The van der Waals surface area contributed by atoms with E-state index in [-0.39, 0.29) is 12.1 Å². The fraction of sp³-hybridized carbons (Fsp3) is 0.286. The summed E-state index contributed by atoms with van der Waals surface area (Å²) in [6.45, 7) is 0.767. The third kappa shape index (κ3) is 4.61. The molecule has 1 atom stereocenters. The molecular formula is C14H13FN2O3. The van der Waals surface area contributed by atoms with Gasteiger partial charge in [0.15, 0.2) is 12.4 Å². The molecule has 0 aromatic heterocycles. The van der Waals surface area contributed by atoms with Crippen LogP contribution < -0.4 is 0 Å². The minimum Gasteiger partial charge on any atom is -0.457 e. The van der Waals surface area contributed by atoms with Crippen molar-refractivity contribution in [3.63, 3.8) is 0 Å². The SMILES string of the molecule is CC(=N)C(C#N)C(=O)COC(=O)Cc1cccc(F)c1. The van der Waals surface area contributed by atoms with Crippen LogP contribution in [0, 0.1) is 28.5 Å². The quantitative estimate of drug-likeness (QED) is 0.632. The number of Topliss-reactive ketones (excluding diaryl/α,β-unsaturated/α-hetero) is 1. The predicted molar refractivity (Wildman–Crippen MR) is 68.6 cm³/mol. The van der Waals surface area contributed by atoms with E-state index in [2.05, 4.69) is 0 Å². The molecule has 0 aliphatic carbocycles. The average Bonchev–Trinajstić information content (AvgIpc) is 2.36. The summed E-state index contributed by atoms with van der Waals surface area (Å²) >= 11 is 0. The second-order valence-electron chi connectivity index (χ2n) is 4.18. The molecule has 5 nitrogen and oxygen atoms in total. The molecule has 1 rings (SSSR count). The Hall–Kier alpha value is -2.55. The van der Waals surface area contributed by atoms with Crippen molar-refractivity contribution in [2.75, 3.05) is 6.61 Å². The number of rotatable bonds is 6. The number of carbonyl (C=O) groups excluding carboxylic acids is 2. The number of nitrogens with zero attached hydrogens (tertiary/aromatic N) is 1. The van der Waals surface area contributed by atoms with Crippen molar-refractivity contribution in [3.8, 4) is 6.07 Å². The maximum atomic E-state index is 12.9. The van der Waals surface area contributed by atoms with Gasteiger partial charge in [0, 0.05) is 5.71 Å². The van der Waals surface area contributed by atoms with Gasteiger partial charge in [-0.15, -0.1) is 0 Å². The Morgan fingerprint density at radius 1 is 1.50 bits per heavy atom. The highest BCUT2D eigenvalue weighted by Gasteiger charge is 2.21. The third-order valence-electron chi connectivity index (χ3n) is 2.50. The van der Waals surface area contributed by atoms with Crippen molar-refractivity contribution in [1.82, 2.24) is 0 Å². The summed E-state index contributed by atoms with van der Waals surface area (Å²) in [5.74, 6) is -3.00. The van der Waals surface area contributed by atoms with Gasteiger partial charge >= 0.3 is 5.97 Å². The number of hydrogen-bond donors (Lipinski definition) is 1. The second kappa shape index (κ2) is 7.14. The molecule has 0 bridgehead atoms. The van der Waals surface area contributed by atoms with E-state index in [9.17, 15) is 14.0 Å². The highest BCUT2D eigenvalue weighted by molar-refractivity contribution is 6.06. The monoisotopic (exact) mass is 276 g/mol. The lowest BCUT2D eigenvalue weighted by Gasteiger charge is -2.07. The summed E-state index contributed by atoms with van der Waals surface area (Å²) in [6.07, 6.45) is -0.161. The molecule has 1 aromatic rings. The second-order valence-corrected chi connectivity index (χ2v) is 4.18. The van der Waals surface area contributed by atoms with Gasteiger partial charge in [-0.25, -0.2) is 4.39 Å². The molecule has 104 valence electrons. The average molecular weight is 276 g/mol. The molecule has 0 radical (unpaired) electrons. The Bertz CT molecular complexity index is 578. The van der Waals surface area contributed by atoms with Crippen molar-refractivity contribution < 1.29 is 18.7 Å². The zero-order valence-corrected chi connectivity index (χ0v) is 10.9. The van der Waals surface area contributed by atoms with E-state index >= 15 is 0 Å². The Labute approximate surface area is 115 Å². The van der Waals surface area contributed by atoms with Crippen LogP contribution in [0.25, 0.3) is 0 Å². The van der Waals surface area contributed by atoms with E-state index in [1.54, 1.807) is 12.1 Å². The van der Waals surface area contributed by atoms with Gasteiger partial charge in [0.1, 0.15) is 11.7 Å². The van der Waals surface area contributed by atoms with Crippen molar-refractivity contribution in [1.29, 1.82) is 10.7 Å². The van der Waals surface area contributed by atoms with Gasteiger partial charge in [0.2, 0.25) is 0 Å². The Morgan fingerprint density at radius 3 is 2.75 bits per heavy atom. The van der Waals surface area contributed by atoms with Crippen LogP contribution in [0.5, 0.6) is 0 Å². The molecule has 6 heteroatoms. The number of ether oxygens (including phenoxy) is 1. The number of nitriles is 1. The molecule has 0 saturated heterocycles. The number of benzene rings is 1. The highest BCUT2D eigenvalue weighted by atomic mass is 19.1. The normalized spacial score (nSPS) is 11.2. The first-order valence-electron chi connectivity index (χ1n) is 5.81. The number of hydrogen-bond acceptors (Lipinski definition) is 5. The highest BCUT2D eigenvalue weighted by Crippen LogP contribution is 2.06. The number of carbonyl (C=O) groups is 2. The van der Waals surface area contributed by atoms with Gasteiger partial charge in [0.25, 0.3) is 0 Å². The fourth-order valence-corrected chi connectivity index (χ4v) is 1.51. The Morgan fingerprint density at radius 2 is 2.20 bits per heavy atom. The first-order chi connectivity index (χ1) is 9.43. The van der Waals surface area contributed by atoms with Gasteiger partial charge in [-0.1, -0.05) is 12.1 Å². The molecule has 0 amide bonds. The van der Waals surface area contributed by atoms with Gasteiger partial charge in [-0.2, -0.15) is 5.26 Å². The van der Waals surface area contributed by atoms with Crippen LogP contribution in [0.15, 0.2) is 24.3 Å². The van der Waals surface area contributed by atoms with E-state index < -0.39 is 30.1 Å². The standard InChI is InChI=1S/C14H13FN2O3/c1-9(17)12(7-16)13(18)8-20-14(19)6-10-3-2-4-11(15)5-10/h2-5,12,17H,6,8H2,1H3. The molecule has 1 unspecified atom stereocenters. The lowest BCUT2D eigenvalue weighted by Crippen LogP contribution is -2.26. The molecule has 0 spiro atoms. The molecular weight excluding hydrogens is 263 g/mol. The fourth-order valence-electron chi connectivity index (χ4n) is 1.51. The smallest absolute Gasteiger partial charge is 0.310 e. The number of esters is 1. The van der Waals surface area contributed by atoms with E-state index in [4.69, 9.17) is 15.4 Å². The molecule has 0 saturated carbocycles. The molecule has 1 N–H and O–H groups in total. The van der Waals surface area contributed by atoms with Crippen LogP contribution >= 0.6 is 0 Å². The largest absolute Gasteiger partial charge is 0.457 e. The van der Waals surface area contributed by atoms with Crippen LogP contribution in [-0.4, -0.2) is 24.1 Å². The number of nitrogens with one attached hydrogen (secondary N) is 1. The summed E-state index contributed by atoms with van der Waals surface area (Å²) in [5.41, 5.74) is 0.334. The Kier molecular flexibility index (Phi) is 5.54. The summed E-state index contributed by atoms with van der Waals surface area (Å²) in [6, 6.07) is 7.14. The van der Waals surface area contributed by atoms with Crippen LogP contribution in [-0.2, 0) is 20.7 Å². The third-order valence-corrected chi connectivity index (χ3v) is 2.50. The molecule has 0 fully saturated rings. The van der Waals surface area contributed by atoms with Gasteiger partial charge in [-0.3, -0.25) is 9.59 Å². The van der Waals surface area contributed by atoms with Crippen LogP contribution in [0.1, 0.15) is 12.5 Å². The maximum Gasteiger partial charge on any atom is 0.310 e. The maximum absolute atomic E-state index is 12.9. The van der Waals surface area contributed by atoms with Crippen LogP contribution in [0.3, 0.4) is 0 Å². The predicted octanol–water partition coefficient (Wildman–Crippen LogP) is 1.66. The zero-order chi connectivity index (χ0) is 15.1. The van der Waals surface area contributed by atoms with Crippen molar-refractivity contribution in [2.45, 2.75) is 13.3 Å². The lowest BCUT2D eigenvalue weighted by molar-refractivity contribution is -0.147. The van der Waals surface area contributed by atoms with Crippen LogP contribution in [0.2, 0.25) is 0 Å². The molecule has 20 heavy (non-hydrogen) atoms. The van der Waals surface area contributed by atoms with Crippen molar-refractivity contribution in [2.24, 2.45) is 5.92 Å². The van der Waals surface area contributed by atoms with Crippen LogP contribution in [0.4, 0.5) is 4.39 Å². The lowest BCUT2D eigenvalue weighted by atomic mass is 10.0. The van der Waals surface area contributed by atoms with Crippen molar-refractivity contribution in [3.05, 3.63) is 35.6 Å². The topological polar surface area (TPSA) is 91.0 Å². The van der Waals surface area contributed by atoms with E-state index in [0.29, 0.717) is 5.56 Å². The van der Waals surface area contributed by atoms with Crippen molar-refractivity contribution >= 4 is 17.5 Å². The molecule has 0 aliphatic rings. The van der Waals surface area contributed by atoms with E-state index in [1.165, 1.54) is 25.1 Å². The first-order valence-corrected chi connectivity index (χ1v) is 5.81. The minimum absolute atomic E-state index is 0.0984. The van der Waals surface area contributed by atoms with Gasteiger partial charge < -0.3 is 10.1 Å². The minimum atomic E-state index is -1.20. The van der Waals surface area contributed by atoms with Gasteiger partial charge in [0.05, 0.1) is 12.5 Å². The summed E-state index contributed by atoms with van der Waals surface area (Å²) < 4.78 is 17.6.